The molecule has 1 aromatic heterocycles. The molecule has 2 heterocycles. The Morgan fingerprint density at radius 2 is 1.97 bits per heavy atom. The van der Waals surface area contributed by atoms with Gasteiger partial charge in [-0.05, 0) is 66.6 Å². The van der Waals surface area contributed by atoms with Gasteiger partial charge in [0.15, 0.2) is 4.80 Å². The van der Waals surface area contributed by atoms with Crippen LogP contribution in [-0.2, 0) is 16.0 Å². The summed E-state index contributed by atoms with van der Waals surface area (Å²) in [5, 5.41) is 10.1. The summed E-state index contributed by atoms with van der Waals surface area (Å²) in [6, 6.07) is 12.6. The summed E-state index contributed by atoms with van der Waals surface area (Å²) in [5.41, 5.74) is 4.19. The zero-order valence-corrected chi connectivity index (χ0v) is 21.8. The van der Waals surface area contributed by atoms with Crippen molar-refractivity contribution in [3.8, 4) is 5.75 Å². The molecule has 1 N–H and O–H groups in total. The average Bonchev–Trinajstić information content (AvgIpc) is 3.15. The van der Waals surface area contributed by atoms with Crippen LogP contribution in [0.4, 0.5) is 0 Å². The zero-order valence-electron chi connectivity index (χ0n) is 20.9. The predicted molar refractivity (Wildman–Crippen MR) is 143 cm³/mol. The fourth-order valence-electron chi connectivity index (χ4n) is 4.34. The molecule has 7 heteroatoms. The smallest absolute Gasteiger partial charge is 0.338 e. The van der Waals surface area contributed by atoms with E-state index in [1.54, 1.807) is 42.7 Å². The van der Waals surface area contributed by atoms with Gasteiger partial charge in [-0.25, -0.2) is 9.79 Å². The number of carbonyl (C=O) groups excluding carboxylic acids is 1. The van der Waals surface area contributed by atoms with Crippen LogP contribution in [0.3, 0.4) is 0 Å². The van der Waals surface area contributed by atoms with E-state index in [1.165, 1.54) is 16.9 Å². The van der Waals surface area contributed by atoms with E-state index in [0.29, 0.717) is 32.9 Å². The first-order valence-electron chi connectivity index (χ1n) is 12.0. The summed E-state index contributed by atoms with van der Waals surface area (Å²) in [7, 11) is 0. The van der Waals surface area contributed by atoms with Gasteiger partial charge in [-0.15, -0.1) is 6.58 Å². The summed E-state index contributed by atoms with van der Waals surface area (Å²) in [6.07, 6.45) is 4.03. The van der Waals surface area contributed by atoms with Crippen LogP contribution >= 0.6 is 11.3 Å². The standard InChI is InChI=1S/C29H30N2O4S/c1-6-8-22-15-19(9-14-23(22)32)16-24-27(33)31-26(21-12-10-20(11-13-21)17(3)4)25(28(34)35-7-2)18(5)30-29(31)36-24/h6,9-17,26,32H,1,7-8H2,2-5H3/b24-16+/t26-/m1/s1. The summed E-state index contributed by atoms with van der Waals surface area (Å²) in [4.78, 5) is 31.9. The third-order valence-corrected chi connectivity index (χ3v) is 7.18. The van der Waals surface area contributed by atoms with Crippen molar-refractivity contribution < 1.29 is 14.6 Å². The number of ether oxygens (including phenoxy) is 1. The number of benzene rings is 2. The molecule has 4 rings (SSSR count). The van der Waals surface area contributed by atoms with E-state index in [0.717, 1.165) is 16.7 Å². The van der Waals surface area contributed by atoms with Crippen LogP contribution in [0.5, 0.6) is 5.75 Å². The van der Waals surface area contributed by atoms with Gasteiger partial charge in [0, 0.05) is 0 Å². The molecule has 0 fully saturated rings. The lowest BCUT2D eigenvalue weighted by molar-refractivity contribution is -0.139. The number of phenolic OH excluding ortho intramolecular Hbond substituents is 1. The molecule has 0 spiro atoms. The number of thiazole rings is 1. The third-order valence-electron chi connectivity index (χ3n) is 6.20. The molecule has 1 aliphatic heterocycles. The maximum atomic E-state index is 13.7. The van der Waals surface area contributed by atoms with E-state index in [1.807, 2.05) is 30.3 Å². The minimum atomic E-state index is -0.639. The summed E-state index contributed by atoms with van der Waals surface area (Å²) in [6.45, 7) is 11.7. The number of allylic oxidation sites excluding steroid dienone is 2. The van der Waals surface area contributed by atoms with Crippen LogP contribution in [0.2, 0.25) is 0 Å². The Bertz CT molecular complexity index is 1520. The lowest BCUT2D eigenvalue weighted by Gasteiger charge is -2.25. The van der Waals surface area contributed by atoms with Crippen LogP contribution in [0.15, 0.2) is 76.2 Å². The van der Waals surface area contributed by atoms with Crippen molar-refractivity contribution in [2.75, 3.05) is 6.61 Å². The van der Waals surface area contributed by atoms with Crippen LogP contribution < -0.4 is 14.9 Å². The van der Waals surface area contributed by atoms with Crippen molar-refractivity contribution in [2.45, 2.75) is 46.1 Å². The minimum Gasteiger partial charge on any atom is -0.508 e. The molecule has 1 aliphatic rings. The number of hydrogen-bond acceptors (Lipinski definition) is 6. The molecule has 186 valence electrons. The lowest BCUT2D eigenvalue weighted by atomic mass is 9.93. The topological polar surface area (TPSA) is 80.9 Å². The Morgan fingerprint density at radius 3 is 2.61 bits per heavy atom. The van der Waals surface area contributed by atoms with Crippen molar-refractivity contribution >= 4 is 23.4 Å². The van der Waals surface area contributed by atoms with Gasteiger partial charge in [-0.1, -0.05) is 61.6 Å². The van der Waals surface area contributed by atoms with E-state index < -0.39 is 12.0 Å². The fourth-order valence-corrected chi connectivity index (χ4v) is 5.38. The van der Waals surface area contributed by atoms with Gasteiger partial charge >= 0.3 is 5.97 Å². The maximum Gasteiger partial charge on any atom is 0.338 e. The van der Waals surface area contributed by atoms with Crippen LogP contribution in [0, 0.1) is 0 Å². The second-order valence-electron chi connectivity index (χ2n) is 9.00. The van der Waals surface area contributed by atoms with Gasteiger partial charge in [0.1, 0.15) is 5.75 Å². The molecule has 2 aromatic carbocycles. The van der Waals surface area contributed by atoms with E-state index in [2.05, 4.69) is 25.4 Å². The molecule has 1 atom stereocenters. The molecule has 0 unspecified atom stereocenters. The molecule has 0 aliphatic carbocycles. The number of aromatic nitrogens is 1. The SMILES string of the molecule is C=CCc1cc(/C=c2/sc3n(c2=O)[C@H](c2ccc(C(C)C)cc2)C(C(=O)OCC)=C(C)N=3)ccc1O. The van der Waals surface area contributed by atoms with Crippen LogP contribution in [-0.4, -0.2) is 22.2 Å². The van der Waals surface area contributed by atoms with Crippen molar-refractivity contribution in [1.29, 1.82) is 0 Å². The predicted octanol–water partition coefficient (Wildman–Crippen LogP) is 4.36. The minimum absolute atomic E-state index is 0.188. The van der Waals surface area contributed by atoms with Crippen molar-refractivity contribution in [2.24, 2.45) is 4.99 Å². The first-order valence-corrected chi connectivity index (χ1v) is 12.8. The highest BCUT2D eigenvalue weighted by molar-refractivity contribution is 7.07. The Balaban J connectivity index is 1.91. The number of fused-ring (bicyclic) bond motifs is 1. The Morgan fingerprint density at radius 1 is 1.25 bits per heavy atom. The van der Waals surface area contributed by atoms with Crippen LogP contribution in [0.25, 0.3) is 6.08 Å². The summed E-state index contributed by atoms with van der Waals surface area (Å²) >= 11 is 1.28. The number of nitrogens with zero attached hydrogens (tertiary/aromatic N) is 2. The molecular formula is C29H30N2O4S. The Labute approximate surface area is 214 Å². The van der Waals surface area contributed by atoms with Gasteiger partial charge in [-0.3, -0.25) is 9.36 Å². The Kier molecular flexibility index (Phi) is 7.40. The highest BCUT2D eigenvalue weighted by Gasteiger charge is 2.33. The number of rotatable bonds is 7. The molecule has 0 radical (unpaired) electrons. The van der Waals surface area contributed by atoms with Gasteiger partial charge < -0.3 is 9.84 Å². The first kappa shape index (κ1) is 25.4. The second-order valence-corrected chi connectivity index (χ2v) is 10.0. The molecule has 6 nitrogen and oxygen atoms in total. The highest BCUT2D eigenvalue weighted by atomic mass is 32.1. The largest absolute Gasteiger partial charge is 0.508 e. The van der Waals surface area contributed by atoms with Gasteiger partial charge in [0.25, 0.3) is 5.56 Å². The number of esters is 1. The second kappa shape index (κ2) is 10.5. The number of hydrogen-bond donors (Lipinski definition) is 1. The molecule has 36 heavy (non-hydrogen) atoms. The van der Waals surface area contributed by atoms with E-state index in [-0.39, 0.29) is 17.9 Å². The highest BCUT2D eigenvalue weighted by Crippen LogP contribution is 2.31. The maximum absolute atomic E-state index is 13.7. The van der Waals surface area contributed by atoms with Crippen molar-refractivity contribution in [3.05, 3.63) is 108 Å². The lowest BCUT2D eigenvalue weighted by Crippen LogP contribution is -2.39. The average molecular weight is 503 g/mol. The van der Waals surface area contributed by atoms with E-state index in [9.17, 15) is 14.7 Å². The normalized spacial score (nSPS) is 15.6. The van der Waals surface area contributed by atoms with E-state index in [4.69, 9.17) is 4.74 Å². The van der Waals surface area contributed by atoms with Gasteiger partial charge in [-0.2, -0.15) is 0 Å². The monoisotopic (exact) mass is 502 g/mol. The molecule has 3 aromatic rings. The molecule has 0 saturated heterocycles. The first-order chi connectivity index (χ1) is 17.2. The number of aromatic hydroxyl groups is 1. The number of phenols is 1. The third kappa shape index (κ3) is 4.84. The zero-order chi connectivity index (χ0) is 26.0. The van der Waals surface area contributed by atoms with Crippen molar-refractivity contribution in [3.63, 3.8) is 0 Å². The summed E-state index contributed by atoms with van der Waals surface area (Å²) in [5.74, 6) is 0.0748. The van der Waals surface area contributed by atoms with Gasteiger partial charge in [0.05, 0.1) is 28.5 Å². The van der Waals surface area contributed by atoms with E-state index >= 15 is 0 Å². The quantitative estimate of drug-likeness (QED) is 0.385. The summed E-state index contributed by atoms with van der Waals surface area (Å²) < 4.78 is 7.44. The molecule has 0 saturated carbocycles. The Hall–Kier alpha value is -3.71. The molecule has 0 amide bonds. The molecule has 0 bridgehead atoms. The van der Waals surface area contributed by atoms with Gasteiger partial charge in [0.2, 0.25) is 0 Å². The van der Waals surface area contributed by atoms with Crippen molar-refractivity contribution in [1.82, 2.24) is 4.57 Å². The number of carbonyl (C=O) groups is 1. The molecular weight excluding hydrogens is 472 g/mol. The van der Waals surface area contributed by atoms with Crippen LogP contribution in [0.1, 0.15) is 61.9 Å². The fraction of sp³-hybridized carbons (Fsp3) is 0.276.